The molecule has 1 heterocycles. The molecule has 0 aliphatic carbocycles. The molecule has 0 amide bonds. The van der Waals surface area contributed by atoms with Crippen molar-refractivity contribution in [2.75, 3.05) is 11.1 Å². The molecule has 0 aliphatic rings. The molecule has 0 aliphatic heterocycles. The summed E-state index contributed by atoms with van der Waals surface area (Å²) >= 11 is 3.08. The Morgan fingerprint density at radius 1 is 1.15 bits per heavy atom. The molecule has 2 rings (SSSR count). The molecule has 4 nitrogen and oxygen atoms in total. The number of alkyl halides is 3. The van der Waals surface area contributed by atoms with Gasteiger partial charge >= 0.3 is 6.18 Å². The Labute approximate surface area is 119 Å². The molecule has 0 bridgehead atoms. The number of aromatic nitrogens is 2. The van der Waals surface area contributed by atoms with E-state index < -0.39 is 17.8 Å². The molecule has 106 valence electrons. The first-order valence-electron chi connectivity index (χ1n) is 5.19. The minimum atomic E-state index is -4.70. The number of halogens is 5. The van der Waals surface area contributed by atoms with Crippen LogP contribution in [-0.4, -0.2) is 9.97 Å². The lowest BCUT2D eigenvalue weighted by molar-refractivity contribution is -0.144. The number of hydrogen-bond donors (Lipinski definition) is 2. The van der Waals surface area contributed by atoms with Crippen LogP contribution in [-0.2, 0) is 6.18 Å². The molecule has 1 aromatic heterocycles. The summed E-state index contributed by atoms with van der Waals surface area (Å²) in [6.45, 7) is 0. The van der Waals surface area contributed by atoms with Gasteiger partial charge in [-0.3, -0.25) is 0 Å². The summed E-state index contributed by atoms with van der Waals surface area (Å²) in [7, 11) is 0. The normalized spacial score (nSPS) is 11.4. The predicted molar refractivity (Wildman–Crippen MR) is 68.8 cm³/mol. The molecule has 1 aromatic carbocycles. The van der Waals surface area contributed by atoms with Crippen molar-refractivity contribution in [1.82, 2.24) is 9.97 Å². The quantitative estimate of drug-likeness (QED) is 0.810. The number of anilines is 3. The standard InChI is InChI=1S/C11H7BrF4N4/c12-6-3-5(13)1-2-7(6)18-9-4-8(17)19-10(20-9)11(14,15)16/h1-4H,(H3,17,18,19,20). The Morgan fingerprint density at radius 3 is 2.45 bits per heavy atom. The molecule has 0 spiro atoms. The minimum absolute atomic E-state index is 0.142. The molecular formula is C11H7BrF4N4. The van der Waals surface area contributed by atoms with Crippen molar-refractivity contribution < 1.29 is 17.6 Å². The summed E-state index contributed by atoms with van der Waals surface area (Å²) in [5, 5.41) is 2.61. The van der Waals surface area contributed by atoms with Crippen LogP contribution in [0.15, 0.2) is 28.7 Å². The predicted octanol–water partition coefficient (Wildman–Crippen LogP) is 3.72. The molecule has 3 N–H and O–H groups in total. The topological polar surface area (TPSA) is 63.8 Å². The largest absolute Gasteiger partial charge is 0.451 e. The van der Waals surface area contributed by atoms with E-state index in [0.717, 1.165) is 18.2 Å². The Hall–Kier alpha value is -1.90. The van der Waals surface area contributed by atoms with Gasteiger partial charge < -0.3 is 11.1 Å². The second-order valence-electron chi connectivity index (χ2n) is 3.75. The highest BCUT2D eigenvalue weighted by Crippen LogP contribution is 2.30. The summed E-state index contributed by atoms with van der Waals surface area (Å²) < 4.78 is 50.9. The van der Waals surface area contributed by atoms with Crippen molar-refractivity contribution in [2.24, 2.45) is 0 Å². The van der Waals surface area contributed by atoms with Gasteiger partial charge in [-0.25, -0.2) is 14.4 Å². The van der Waals surface area contributed by atoms with Crippen LogP contribution in [0.4, 0.5) is 34.9 Å². The van der Waals surface area contributed by atoms with E-state index in [2.05, 4.69) is 31.2 Å². The summed E-state index contributed by atoms with van der Waals surface area (Å²) in [5.41, 5.74) is 5.65. The summed E-state index contributed by atoms with van der Waals surface area (Å²) in [6, 6.07) is 4.82. The SMILES string of the molecule is Nc1cc(Nc2ccc(F)cc2Br)nc(C(F)(F)F)n1. The van der Waals surface area contributed by atoms with E-state index in [4.69, 9.17) is 5.73 Å². The fraction of sp³-hybridized carbons (Fsp3) is 0.0909. The first kappa shape index (κ1) is 14.5. The number of hydrogen-bond acceptors (Lipinski definition) is 4. The molecule has 0 saturated carbocycles. The number of benzene rings is 1. The Balaban J connectivity index is 2.36. The maximum atomic E-state index is 12.9. The van der Waals surface area contributed by atoms with Crippen LogP contribution >= 0.6 is 15.9 Å². The van der Waals surface area contributed by atoms with Gasteiger partial charge in [0.1, 0.15) is 17.5 Å². The van der Waals surface area contributed by atoms with Crippen molar-refractivity contribution in [2.45, 2.75) is 6.18 Å². The van der Waals surface area contributed by atoms with Crippen molar-refractivity contribution in [3.05, 3.63) is 40.4 Å². The van der Waals surface area contributed by atoms with Gasteiger partial charge in [0.2, 0.25) is 5.82 Å². The third kappa shape index (κ3) is 3.35. The first-order valence-corrected chi connectivity index (χ1v) is 5.99. The van der Waals surface area contributed by atoms with Crippen LogP contribution in [0, 0.1) is 5.82 Å². The molecule has 0 radical (unpaired) electrons. The van der Waals surface area contributed by atoms with Gasteiger partial charge in [0.25, 0.3) is 0 Å². The zero-order valence-corrected chi connectivity index (χ0v) is 11.3. The van der Waals surface area contributed by atoms with Gasteiger partial charge in [0.05, 0.1) is 5.69 Å². The van der Waals surface area contributed by atoms with Crippen molar-refractivity contribution in [1.29, 1.82) is 0 Å². The van der Waals surface area contributed by atoms with Gasteiger partial charge in [-0.05, 0) is 34.1 Å². The van der Waals surface area contributed by atoms with E-state index in [-0.39, 0.29) is 11.6 Å². The van der Waals surface area contributed by atoms with Crippen molar-refractivity contribution >= 4 is 33.3 Å². The van der Waals surface area contributed by atoms with Crippen LogP contribution in [0.2, 0.25) is 0 Å². The molecule has 2 aromatic rings. The van der Waals surface area contributed by atoms with E-state index in [1.165, 1.54) is 6.07 Å². The minimum Gasteiger partial charge on any atom is -0.384 e. The molecule has 0 saturated heterocycles. The highest BCUT2D eigenvalue weighted by molar-refractivity contribution is 9.10. The average molecular weight is 351 g/mol. The highest BCUT2D eigenvalue weighted by atomic mass is 79.9. The zero-order valence-electron chi connectivity index (χ0n) is 9.67. The maximum Gasteiger partial charge on any atom is 0.451 e. The maximum absolute atomic E-state index is 12.9. The summed E-state index contributed by atoms with van der Waals surface area (Å²) in [6.07, 6.45) is -4.70. The molecule has 0 unspecified atom stereocenters. The summed E-state index contributed by atoms with van der Waals surface area (Å²) in [5.74, 6) is -2.30. The van der Waals surface area contributed by atoms with E-state index in [1.54, 1.807) is 0 Å². The van der Waals surface area contributed by atoms with Gasteiger partial charge in [-0.2, -0.15) is 13.2 Å². The molecule has 9 heteroatoms. The average Bonchev–Trinajstić information content (AvgIpc) is 2.31. The van der Waals surface area contributed by atoms with E-state index in [1.807, 2.05) is 0 Å². The Bertz CT molecular complexity index is 645. The van der Waals surface area contributed by atoms with Gasteiger partial charge in [-0.1, -0.05) is 0 Å². The third-order valence-corrected chi connectivity index (χ3v) is 2.85. The van der Waals surface area contributed by atoms with Crippen LogP contribution < -0.4 is 11.1 Å². The second kappa shape index (κ2) is 5.23. The van der Waals surface area contributed by atoms with Crippen LogP contribution in [0.5, 0.6) is 0 Å². The van der Waals surface area contributed by atoms with Gasteiger partial charge in [-0.15, -0.1) is 0 Å². The van der Waals surface area contributed by atoms with Gasteiger partial charge in [0, 0.05) is 10.5 Å². The van der Waals surface area contributed by atoms with Crippen molar-refractivity contribution in [3.63, 3.8) is 0 Å². The van der Waals surface area contributed by atoms with Gasteiger partial charge in [0.15, 0.2) is 0 Å². The van der Waals surface area contributed by atoms with E-state index in [0.29, 0.717) is 10.2 Å². The lowest BCUT2D eigenvalue weighted by Gasteiger charge is -2.11. The van der Waals surface area contributed by atoms with Crippen LogP contribution in [0.1, 0.15) is 5.82 Å². The van der Waals surface area contributed by atoms with E-state index >= 15 is 0 Å². The highest BCUT2D eigenvalue weighted by Gasteiger charge is 2.35. The first-order chi connectivity index (χ1) is 9.25. The Kier molecular flexibility index (Phi) is 3.80. The van der Waals surface area contributed by atoms with Crippen LogP contribution in [0.25, 0.3) is 0 Å². The fourth-order valence-electron chi connectivity index (χ4n) is 1.39. The zero-order chi connectivity index (χ0) is 14.9. The monoisotopic (exact) mass is 350 g/mol. The number of rotatable bonds is 2. The van der Waals surface area contributed by atoms with Crippen molar-refractivity contribution in [3.8, 4) is 0 Å². The number of nitrogens with one attached hydrogen (secondary N) is 1. The molecular weight excluding hydrogens is 344 g/mol. The Morgan fingerprint density at radius 2 is 1.85 bits per heavy atom. The number of nitrogens with two attached hydrogens (primary N) is 1. The van der Waals surface area contributed by atoms with E-state index in [9.17, 15) is 17.6 Å². The van der Waals surface area contributed by atoms with Crippen LogP contribution in [0.3, 0.4) is 0 Å². The number of nitrogens with zero attached hydrogens (tertiary/aromatic N) is 2. The molecule has 0 atom stereocenters. The molecule has 0 fully saturated rings. The smallest absolute Gasteiger partial charge is 0.384 e. The lowest BCUT2D eigenvalue weighted by Crippen LogP contribution is -2.13. The fourth-order valence-corrected chi connectivity index (χ4v) is 1.84. The lowest BCUT2D eigenvalue weighted by atomic mass is 10.3. The second-order valence-corrected chi connectivity index (χ2v) is 4.60. The molecule has 20 heavy (non-hydrogen) atoms. The number of nitrogen functional groups attached to an aromatic ring is 1. The third-order valence-electron chi connectivity index (χ3n) is 2.19. The summed E-state index contributed by atoms with van der Waals surface area (Å²) in [4.78, 5) is 6.44.